The first kappa shape index (κ1) is 20.4. The maximum atomic E-state index is 12.3. The fourth-order valence-electron chi connectivity index (χ4n) is 2.81. The summed E-state index contributed by atoms with van der Waals surface area (Å²) in [6.45, 7) is 3.89. The molecule has 0 aliphatic heterocycles. The number of aromatic amines is 1. The van der Waals surface area contributed by atoms with E-state index in [1.165, 1.54) is 18.0 Å². The molecule has 148 valence electrons. The van der Waals surface area contributed by atoms with Crippen LogP contribution < -0.4 is 5.32 Å². The molecule has 1 aromatic heterocycles. The topological polar surface area (TPSA) is 91.9 Å². The third kappa shape index (κ3) is 4.94. The van der Waals surface area contributed by atoms with Gasteiger partial charge in [0.2, 0.25) is 5.91 Å². The molecule has 0 aliphatic rings. The van der Waals surface area contributed by atoms with Crippen molar-refractivity contribution in [2.45, 2.75) is 30.0 Å². The van der Waals surface area contributed by atoms with Gasteiger partial charge in [0, 0.05) is 6.26 Å². The van der Waals surface area contributed by atoms with E-state index in [1.54, 1.807) is 24.3 Å². The zero-order valence-corrected chi connectivity index (χ0v) is 17.6. The van der Waals surface area contributed by atoms with Crippen molar-refractivity contribution in [3.63, 3.8) is 0 Å². The van der Waals surface area contributed by atoms with E-state index in [0.717, 1.165) is 22.4 Å². The number of carbonyl (C=O) groups excluding carboxylic acids is 1. The molecule has 2 N–H and O–H groups in total. The van der Waals surface area contributed by atoms with E-state index in [1.807, 2.05) is 38.1 Å². The Morgan fingerprint density at radius 2 is 1.82 bits per heavy atom. The molecule has 0 spiro atoms. The molecular weight excluding hydrogens is 394 g/mol. The highest BCUT2D eigenvalue weighted by atomic mass is 32.2. The summed E-state index contributed by atoms with van der Waals surface area (Å²) in [7, 11) is -3.22. The summed E-state index contributed by atoms with van der Waals surface area (Å²) in [5.41, 5.74) is 2.76. The average molecular weight is 418 g/mol. The van der Waals surface area contributed by atoms with Crippen LogP contribution in [-0.2, 0) is 14.6 Å². The van der Waals surface area contributed by atoms with Crippen LogP contribution in [0.2, 0.25) is 0 Å². The molecule has 0 saturated carbocycles. The summed E-state index contributed by atoms with van der Waals surface area (Å²) < 4.78 is 23.1. The third-order valence-corrected chi connectivity index (χ3v) is 6.72. The van der Waals surface area contributed by atoms with Gasteiger partial charge in [0.15, 0.2) is 9.84 Å². The van der Waals surface area contributed by atoms with Crippen LogP contribution in [0.25, 0.3) is 11.0 Å². The number of hydrogen-bond acceptors (Lipinski definition) is 5. The number of nitrogens with zero attached hydrogens (tertiary/aromatic N) is 1. The summed E-state index contributed by atoms with van der Waals surface area (Å²) >= 11 is 1.51. The van der Waals surface area contributed by atoms with Gasteiger partial charge in [-0.2, -0.15) is 0 Å². The van der Waals surface area contributed by atoms with Gasteiger partial charge in [-0.15, -0.1) is 11.8 Å². The average Bonchev–Trinajstić information content (AvgIpc) is 3.10. The first-order chi connectivity index (χ1) is 13.2. The highest BCUT2D eigenvalue weighted by Gasteiger charge is 2.15. The highest BCUT2D eigenvalue weighted by Crippen LogP contribution is 2.27. The number of imidazole rings is 1. The second kappa shape index (κ2) is 8.36. The smallest absolute Gasteiger partial charge is 0.230 e. The number of fused-ring (bicyclic) bond motifs is 1. The molecule has 1 heterocycles. The van der Waals surface area contributed by atoms with Gasteiger partial charge in [-0.1, -0.05) is 24.3 Å². The van der Waals surface area contributed by atoms with Gasteiger partial charge in [0.1, 0.15) is 5.82 Å². The van der Waals surface area contributed by atoms with Gasteiger partial charge < -0.3 is 10.3 Å². The van der Waals surface area contributed by atoms with Crippen LogP contribution in [0.15, 0.2) is 53.4 Å². The van der Waals surface area contributed by atoms with Crippen LogP contribution in [0, 0.1) is 0 Å². The number of hydrogen-bond donors (Lipinski definition) is 2. The van der Waals surface area contributed by atoms with Gasteiger partial charge in [-0.05, 0) is 43.7 Å². The zero-order chi connectivity index (χ0) is 20.3. The molecule has 0 radical (unpaired) electrons. The minimum absolute atomic E-state index is 0.0579. The molecule has 3 rings (SSSR count). The summed E-state index contributed by atoms with van der Waals surface area (Å²) in [4.78, 5) is 20.4. The number of para-hydroxylation sites is 2. The molecular formula is C20H23N3O3S2. The Bertz CT molecular complexity index is 1040. The van der Waals surface area contributed by atoms with Crippen molar-refractivity contribution in [1.29, 1.82) is 0 Å². The summed E-state index contributed by atoms with van der Waals surface area (Å²) in [5, 5.41) is 3.01. The first-order valence-corrected chi connectivity index (χ1v) is 11.8. The lowest BCUT2D eigenvalue weighted by molar-refractivity contribution is -0.119. The molecule has 0 saturated heterocycles. The Morgan fingerprint density at radius 1 is 1.14 bits per heavy atom. The molecule has 0 aliphatic carbocycles. The number of thioether (sulfide) groups is 1. The number of rotatable bonds is 7. The molecule has 2 aromatic carbocycles. The van der Waals surface area contributed by atoms with Crippen molar-refractivity contribution >= 4 is 38.5 Å². The molecule has 1 amide bonds. The molecule has 8 heteroatoms. The van der Waals surface area contributed by atoms with Gasteiger partial charge in [-0.25, -0.2) is 13.4 Å². The molecule has 6 nitrogen and oxygen atoms in total. The quantitative estimate of drug-likeness (QED) is 0.612. The van der Waals surface area contributed by atoms with E-state index in [9.17, 15) is 13.2 Å². The van der Waals surface area contributed by atoms with Crippen LogP contribution in [0.1, 0.15) is 36.5 Å². The first-order valence-electron chi connectivity index (χ1n) is 8.89. The number of H-pyrrole nitrogens is 1. The largest absolute Gasteiger partial charge is 0.349 e. The number of benzene rings is 2. The van der Waals surface area contributed by atoms with Crippen LogP contribution in [-0.4, -0.2) is 36.3 Å². The van der Waals surface area contributed by atoms with E-state index >= 15 is 0 Å². The molecule has 28 heavy (non-hydrogen) atoms. The van der Waals surface area contributed by atoms with Gasteiger partial charge >= 0.3 is 0 Å². The maximum Gasteiger partial charge on any atom is 0.230 e. The normalized spacial score (nSPS) is 14.0. The number of carbonyl (C=O) groups is 1. The monoisotopic (exact) mass is 417 g/mol. The van der Waals surface area contributed by atoms with Crippen LogP contribution in [0.5, 0.6) is 0 Å². The number of amides is 1. The lowest BCUT2D eigenvalue weighted by Crippen LogP contribution is -2.28. The lowest BCUT2D eigenvalue weighted by Gasteiger charge is -2.15. The van der Waals surface area contributed by atoms with E-state index in [4.69, 9.17) is 0 Å². The predicted molar refractivity (Wildman–Crippen MR) is 113 cm³/mol. The Labute approximate surface area is 169 Å². The highest BCUT2D eigenvalue weighted by molar-refractivity contribution is 8.00. The molecule has 0 unspecified atom stereocenters. The Kier molecular flexibility index (Phi) is 6.10. The van der Waals surface area contributed by atoms with Gasteiger partial charge in [-0.3, -0.25) is 4.79 Å². The third-order valence-electron chi connectivity index (χ3n) is 4.44. The zero-order valence-electron chi connectivity index (χ0n) is 16.0. The summed E-state index contributed by atoms with van der Waals surface area (Å²) in [6.07, 6.45) is 1.17. The minimum Gasteiger partial charge on any atom is -0.349 e. The van der Waals surface area contributed by atoms with Gasteiger partial charge in [0.25, 0.3) is 0 Å². The van der Waals surface area contributed by atoms with Gasteiger partial charge in [0.05, 0.1) is 33.0 Å². The SMILES string of the molecule is C[C@@H](NC(=O)CS[C@H](C)c1nc2ccccc2[nH]1)c1ccc(S(C)(=O)=O)cc1. The fraction of sp³-hybridized carbons (Fsp3) is 0.300. The van der Waals surface area contributed by atoms with Crippen molar-refractivity contribution in [3.8, 4) is 0 Å². The number of nitrogens with one attached hydrogen (secondary N) is 2. The number of sulfone groups is 1. The van der Waals surface area contributed by atoms with Crippen molar-refractivity contribution in [1.82, 2.24) is 15.3 Å². The standard InChI is InChI=1S/C20H23N3O3S2/c1-13(15-8-10-16(11-9-15)28(3,25)26)21-19(24)12-27-14(2)20-22-17-6-4-5-7-18(17)23-20/h4-11,13-14H,12H2,1-3H3,(H,21,24)(H,22,23)/t13-,14-/m1/s1. The van der Waals surface area contributed by atoms with Crippen LogP contribution >= 0.6 is 11.8 Å². The van der Waals surface area contributed by atoms with Crippen molar-refractivity contribution in [3.05, 3.63) is 59.9 Å². The van der Waals surface area contributed by atoms with Crippen molar-refractivity contribution in [2.24, 2.45) is 0 Å². The molecule has 0 fully saturated rings. The van der Waals surface area contributed by atoms with E-state index in [2.05, 4.69) is 15.3 Å². The van der Waals surface area contributed by atoms with Crippen molar-refractivity contribution < 1.29 is 13.2 Å². The second-order valence-corrected chi connectivity index (χ2v) is 10.1. The molecule has 3 aromatic rings. The predicted octanol–water partition coefficient (Wildman–Crippen LogP) is 3.64. The summed E-state index contributed by atoms with van der Waals surface area (Å²) in [6, 6.07) is 14.2. The van der Waals surface area contributed by atoms with Crippen LogP contribution in [0.3, 0.4) is 0 Å². The van der Waals surface area contributed by atoms with E-state index in [0.29, 0.717) is 5.75 Å². The second-order valence-electron chi connectivity index (χ2n) is 6.72. The van der Waals surface area contributed by atoms with E-state index < -0.39 is 9.84 Å². The Morgan fingerprint density at radius 3 is 2.46 bits per heavy atom. The maximum absolute atomic E-state index is 12.3. The number of aromatic nitrogens is 2. The van der Waals surface area contributed by atoms with Crippen molar-refractivity contribution in [2.75, 3.05) is 12.0 Å². The lowest BCUT2D eigenvalue weighted by atomic mass is 10.1. The Balaban J connectivity index is 1.54. The van der Waals surface area contributed by atoms with E-state index in [-0.39, 0.29) is 22.1 Å². The molecule has 2 atom stereocenters. The summed E-state index contributed by atoms with van der Waals surface area (Å²) in [5.74, 6) is 1.08. The fourth-order valence-corrected chi connectivity index (χ4v) is 4.20. The molecule has 0 bridgehead atoms. The Hall–Kier alpha value is -2.32. The minimum atomic E-state index is -3.22. The van der Waals surface area contributed by atoms with Crippen LogP contribution in [0.4, 0.5) is 0 Å².